The topological polar surface area (TPSA) is 39.9 Å². The molecule has 0 radical (unpaired) electrons. The second-order valence-corrected chi connectivity index (χ2v) is 4.04. The van der Waals surface area contributed by atoms with E-state index in [4.69, 9.17) is 16.3 Å². The standard InChI is InChI=1S/C12H14ClN3O/c1-3-9-7-10(16(2)15-9)8-17-11-5-4-6-14-12(11)13/h4-7H,3,8H2,1-2H3. The van der Waals surface area contributed by atoms with E-state index in [9.17, 15) is 0 Å². The first-order chi connectivity index (χ1) is 8.20. The molecule has 0 aliphatic rings. The predicted octanol–water partition coefficient (Wildman–Crippen LogP) is 2.61. The molecule has 0 spiro atoms. The molecule has 4 nitrogen and oxygen atoms in total. The van der Waals surface area contributed by atoms with Gasteiger partial charge in [0.15, 0.2) is 10.9 Å². The van der Waals surface area contributed by atoms with Gasteiger partial charge in [0.1, 0.15) is 6.61 Å². The van der Waals surface area contributed by atoms with Crippen LogP contribution in [0.1, 0.15) is 18.3 Å². The van der Waals surface area contributed by atoms with Gasteiger partial charge in [-0.3, -0.25) is 4.68 Å². The van der Waals surface area contributed by atoms with Crippen molar-refractivity contribution in [3.05, 3.63) is 40.9 Å². The Morgan fingerprint density at radius 1 is 1.47 bits per heavy atom. The highest BCUT2D eigenvalue weighted by Gasteiger charge is 2.06. The Morgan fingerprint density at radius 3 is 2.94 bits per heavy atom. The van der Waals surface area contributed by atoms with Crippen LogP contribution in [0.5, 0.6) is 5.75 Å². The van der Waals surface area contributed by atoms with Crippen LogP contribution < -0.4 is 4.74 Å². The fraction of sp³-hybridized carbons (Fsp3) is 0.333. The first-order valence-corrected chi connectivity index (χ1v) is 5.83. The second-order valence-electron chi connectivity index (χ2n) is 3.69. The number of pyridine rings is 1. The molecule has 17 heavy (non-hydrogen) atoms. The van der Waals surface area contributed by atoms with E-state index in [1.165, 1.54) is 0 Å². The first kappa shape index (κ1) is 11.9. The Labute approximate surface area is 105 Å². The van der Waals surface area contributed by atoms with Gasteiger partial charge in [-0.1, -0.05) is 18.5 Å². The number of hydrogen-bond donors (Lipinski definition) is 0. The van der Waals surface area contributed by atoms with E-state index >= 15 is 0 Å². The smallest absolute Gasteiger partial charge is 0.171 e. The number of ether oxygens (including phenoxy) is 1. The molecule has 0 saturated carbocycles. The quantitative estimate of drug-likeness (QED) is 0.785. The maximum absolute atomic E-state index is 5.90. The van der Waals surface area contributed by atoms with Gasteiger partial charge in [-0.15, -0.1) is 0 Å². The summed E-state index contributed by atoms with van der Waals surface area (Å²) in [5.41, 5.74) is 2.07. The lowest BCUT2D eigenvalue weighted by atomic mass is 10.3. The molecule has 0 atom stereocenters. The van der Waals surface area contributed by atoms with E-state index in [-0.39, 0.29) is 0 Å². The minimum Gasteiger partial charge on any atom is -0.484 e. The normalized spacial score (nSPS) is 10.5. The fourth-order valence-electron chi connectivity index (χ4n) is 1.51. The molecule has 0 N–H and O–H groups in total. The van der Waals surface area contributed by atoms with Crippen LogP contribution in [0, 0.1) is 0 Å². The summed E-state index contributed by atoms with van der Waals surface area (Å²) in [6.45, 7) is 2.51. The number of rotatable bonds is 4. The molecular formula is C12H14ClN3O. The Bertz CT molecular complexity index is 510. The van der Waals surface area contributed by atoms with Gasteiger partial charge in [-0.05, 0) is 24.6 Å². The van der Waals surface area contributed by atoms with E-state index in [2.05, 4.69) is 17.0 Å². The van der Waals surface area contributed by atoms with Crippen molar-refractivity contribution in [2.45, 2.75) is 20.0 Å². The van der Waals surface area contributed by atoms with Gasteiger partial charge < -0.3 is 4.74 Å². The minimum atomic E-state index is 0.380. The zero-order chi connectivity index (χ0) is 12.3. The monoisotopic (exact) mass is 251 g/mol. The van der Waals surface area contributed by atoms with Gasteiger partial charge in [-0.2, -0.15) is 5.10 Å². The maximum Gasteiger partial charge on any atom is 0.171 e. The molecule has 0 aromatic carbocycles. The molecule has 2 rings (SSSR count). The highest BCUT2D eigenvalue weighted by Crippen LogP contribution is 2.21. The highest BCUT2D eigenvalue weighted by molar-refractivity contribution is 6.30. The first-order valence-electron chi connectivity index (χ1n) is 5.45. The van der Waals surface area contributed by atoms with E-state index in [0.29, 0.717) is 17.5 Å². The van der Waals surface area contributed by atoms with Gasteiger partial charge >= 0.3 is 0 Å². The lowest BCUT2D eigenvalue weighted by molar-refractivity contribution is 0.294. The molecule has 5 heteroatoms. The summed E-state index contributed by atoms with van der Waals surface area (Å²) < 4.78 is 7.43. The fourth-order valence-corrected chi connectivity index (χ4v) is 1.68. The number of halogens is 1. The van der Waals surface area contributed by atoms with Crippen molar-refractivity contribution in [3.63, 3.8) is 0 Å². The molecule has 2 heterocycles. The molecule has 90 valence electrons. The van der Waals surface area contributed by atoms with Crippen molar-refractivity contribution >= 4 is 11.6 Å². The molecule has 0 amide bonds. The number of aromatic nitrogens is 3. The minimum absolute atomic E-state index is 0.380. The zero-order valence-corrected chi connectivity index (χ0v) is 10.6. The summed E-state index contributed by atoms with van der Waals surface area (Å²) in [5, 5.41) is 4.73. The van der Waals surface area contributed by atoms with Crippen molar-refractivity contribution in [1.29, 1.82) is 0 Å². The highest BCUT2D eigenvalue weighted by atomic mass is 35.5. The van der Waals surface area contributed by atoms with Gasteiger partial charge in [-0.25, -0.2) is 4.98 Å². The Kier molecular flexibility index (Phi) is 3.64. The molecule has 2 aromatic heterocycles. The molecule has 0 saturated heterocycles. The summed E-state index contributed by atoms with van der Waals surface area (Å²) >= 11 is 5.90. The molecule has 2 aromatic rings. The molecule has 0 unspecified atom stereocenters. The van der Waals surface area contributed by atoms with Crippen molar-refractivity contribution in [1.82, 2.24) is 14.8 Å². The number of hydrogen-bond acceptors (Lipinski definition) is 3. The Hall–Kier alpha value is -1.55. The average Bonchev–Trinajstić information content (AvgIpc) is 2.69. The van der Waals surface area contributed by atoms with Crippen molar-refractivity contribution in [2.24, 2.45) is 7.05 Å². The van der Waals surface area contributed by atoms with Gasteiger partial charge in [0.2, 0.25) is 0 Å². The Balaban J connectivity index is 2.07. The third kappa shape index (κ3) is 2.77. The van der Waals surface area contributed by atoms with Crippen LogP contribution in [-0.4, -0.2) is 14.8 Å². The summed E-state index contributed by atoms with van der Waals surface area (Å²) in [4.78, 5) is 3.95. The summed E-state index contributed by atoms with van der Waals surface area (Å²) in [5.74, 6) is 0.591. The zero-order valence-electron chi connectivity index (χ0n) is 9.85. The van der Waals surface area contributed by atoms with Crippen molar-refractivity contribution in [2.75, 3.05) is 0 Å². The SMILES string of the molecule is CCc1cc(COc2cccnc2Cl)n(C)n1. The van der Waals surface area contributed by atoms with Crippen LogP contribution in [0.4, 0.5) is 0 Å². The van der Waals surface area contributed by atoms with Crippen LogP contribution in [0.3, 0.4) is 0 Å². The molecule has 0 aliphatic carbocycles. The van der Waals surface area contributed by atoms with Crippen molar-refractivity contribution in [3.8, 4) is 5.75 Å². The molecule has 0 fully saturated rings. The number of aryl methyl sites for hydroxylation is 2. The van der Waals surface area contributed by atoms with Gasteiger partial charge in [0.05, 0.1) is 11.4 Å². The van der Waals surface area contributed by atoms with Crippen LogP contribution in [0.25, 0.3) is 0 Å². The van der Waals surface area contributed by atoms with Crippen molar-refractivity contribution < 1.29 is 4.74 Å². The van der Waals surface area contributed by atoms with Crippen LogP contribution in [0.15, 0.2) is 24.4 Å². The lowest BCUT2D eigenvalue weighted by Crippen LogP contribution is -2.03. The van der Waals surface area contributed by atoms with Crippen LogP contribution in [-0.2, 0) is 20.1 Å². The van der Waals surface area contributed by atoms with E-state index in [1.807, 2.05) is 17.8 Å². The Morgan fingerprint density at radius 2 is 2.29 bits per heavy atom. The van der Waals surface area contributed by atoms with E-state index in [0.717, 1.165) is 17.8 Å². The molecule has 0 bridgehead atoms. The van der Waals surface area contributed by atoms with E-state index in [1.54, 1.807) is 18.3 Å². The average molecular weight is 252 g/mol. The predicted molar refractivity (Wildman–Crippen MR) is 66.2 cm³/mol. The lowest BCUT2D eigenvalue weighted by Gasteiger charge is -2.06. The molecular weight excluding hydrogens is 238 g/mol. The van der Waals surface area contributed by atoms with Crippen LogP contribution in [0.2, 0.25) is 5.15 Å². The molecule has 0 aliphatic heterocycles. The number of nitrogens with zero attached hydrogens (tertiary/aromatic N) is 3. The third-order valence-electron chi connectivity index (χ3n) is 2.49. The van der Waals surface area contributed by atoms with Crippen LogP contribution >= 0.6 is 11.6 Å². The maximum atomic E-state index is 5.90. The third-order valence-corrected chi connectivity index (χ3v) is 2.77. The van der Waals surface area contributed by atoms with E-state index < -0.39 is 0 Å². The summed E-state index contributed by atoms with van der Waals surface area (Å²) in [6, 6.07) is 5.62. The summed E-state index contributed by atoms with van der Waals surface area (Å²) in [7, 11) is 1.91. The largest absolute Gasteiger partial charge is 0.484 e. The second kappa shape index (κ2) is 5.19. The van der Waals surface area contributed by atoms with Gasteiger partial charge in [0, 0.05) is 13.2 Å². The summed E-state index contributed by atoms with van der Waals surface area (Å²) in [6.07, 6.45) is 2.55. The van der Waals surface area contributed by atoms with Gasteiger partial charge in [0.25, 0.3) is 0 Å².